The number of sulfonamides is 1. The van der Waals surface area contributed by atoms with Crippen molar-refractivity contribution in [3.05, 3.63) is 46.8 Å². The number of aryl methyl sites for hydroxylation is 1. The summed E-state index contributed by atoms with van der Waals surface area (Å²) in [5.41, 5.74) is 1.82. The van der Waals surface area contributed by atoms with Crippen LogP contribution < -0.4 is 4.72 Å². The van der Waals surface area contributed by atoms with Crippen LogP contribution in [0.15, 0.2) is 40.6 Å². The van der Waals surface area contributed by atoms with E-state index in [-0.39, 0.29) is 5.41 Å². The van der Waals surface area contributed by atoms with Crippen LogP contribution in [0.1, 0.15) is 31.2 Å². The van der Waals surface area contributed by atoms with Gasteiger partial charge in [0.15, 0.2) is 0 Å². The summed E-state index contributed by atoms with van der Waals surface area (Å²) >= 11 is 1.27. The molecule has 0 aliphatic heterocycles. The highest BCUT2D eigenvalue weighted by Crippen LogP contribution is 2.26. The first-order valence-corrected chi connectivity index (χ1v) is 8.68. The zero-order valence-corrected chi connectivity index (χ0v) is 13.7. The van der Waals surface area contributed by atoms with Crippen molar-refractivity contribution in [2.75, 3.05) is 4.72 Å². The molecule has 108 valence electrons. The van der Waals surface area contributed by atoms with Gasteiger partial charge in [0.25, 0.3) is 10.0 Å². The molecule has 1 N–H and O–H groups in total. The summed E-state index contributed by atoms with van der Waals surface area (Å²) in [5, 5.41) is 0. The van der Waals surface area contributed by atoms with Gasteiger partial charge in [-0.3, -0.25) is 4.72 Å². The topological polar surface area (TPSA) is 46.2 Å². The van der Waals surface area contributed by atoms with Crippen LogP contribution in [0.3, 0.4) is 0 Å². The lowest BCUT2D eigenvalue weighted by atomic mass is 9.87. The predicted octanol–water partition coefficient (Wildman–Crippen LogP) is 4.15. The predicted molar refractivity (Wildman–Crippen MR) is 85.0 cm³/mol. The maximum absolute atomic E-state index is 12.2. The first-order valence-electron chi connectivity index (χ1n) is 6.38. The van der Waals surface area contributed by atoms with Crippen molar-refractivity contribution >= 4 is 27.0 Å². The van der Waals surface area contributed by atoms with Gasteiger partial charge in [0, 0.05) is 10.6 Å². The van der Waals surface area contributed by atoms with Crippen molar-refractivity contribution in [3.63, 3.8) is 0 Å². The lowest BCUT2D eigenvalue weighted by Crippen LogP contribution is -2.13. The molecule has 5 heteroatoms. The lowest BCUT2D eigenvalue weighted by Gasteiger charge is -2.19. The molecule has 1 aromatic carbocycles. The standard InChI is InChI=1S/C15H19NO2S2/c1-11-5-10-14(19-11)20(17,18)16-13-8-6-12(7-9-13)15(2,3)4/h5-10,16H,1-4H3. The van der Waals surface area contributed by atoms with Crippen molar-refractivity contribution in [2.45, 2.75) is 37.3 Å². The van der Waals surface area contributed by atoms with Crippen LogP contribution in [0.4, 0.5) is 5.69 Å². The second-order valence-electron chi connectivity index (χ2n) is 5.80. The van der Waals surface area contributed by atoms with Crippen LogP contribution in [0.25, 0.3) is 0 Å². The van der Waals surface area contributed by atoms with Gasteiger partial charge < -0.3 is 0 Å². The van der Waals surface area contributed by atoms with E-state index in [9.17, 15) is 8.42 Å². The summed E-state index contributed by atoms with van der Waals surface area (Å²) in [6.45, 7) is 8.27. The Morgan fingerprint density at radius 1 is 1.00 bits per heavy atom. The van der Waals surface area contributed by atoms with Gasteiger partial charge in [0.2, 0.25) is 0 Å². The summed E-state index contributed by atoms with van der Waals surface area (Å²) in [6.07, 6.45) is 0. The molecular weight excluding hydrogens is 290 g/mol. The quantitative estimate of drug-likeness (QED) is 0.925. The molecule has 2 aromatic rings. The van der Waals surface area contributed by atoms with Gasteiger partial charge in [-0.2, -0.15) is 0 Å². The molecule has 0 fully saturated rings. The largest absolute Gasteiger partial charge is 0.279 e. The second-order valence-corrected chi connectivity index (χ2v) is 9.00. The molecule has 0 radical (unpaired) electrons. The Morgan fingerprint density at radius 2 is 1.60 bits per heavy atom. The second kappa shape index (κ2) is 5.22. The summed E-state index contributed by atoms with van der Waals surface area (Å²) in [5.74, 6) is 0. The average molecular weight is 309 g/mol. The van der Waals surface area contributed by atoms with Gasteiger partial charge >= 0.3 is 0 Å². The summed E-state index contributed by atoms with van der Waals surface area (Å²) in [7, 11) is -3.47. The number of benzene rings is 1. The Balaban J connectivity index is 2.22. The molecule has 0 atom stereocenters. The van der Waals surface area contributed by atoms with Crippen molar-refractivity contribution in [1.29, 1.82) is 0 Å². The van der Waals surface area contributed by atoms with Gasteiger partial charge in [-0.1, -0.05) is 32.9 Å². The Labute approximate surface area is 124 Å². The summed E-state index contributed by atoms with van der Waals surface area (Å²) in [6, 6.07) is 11.0. The van der Waals surface area contributed by atoms with Gasteiger partial charge in [-0.15, -0.1) is 11.3 Å². The SMILES string of the molecule is Cc1ccc(S(=O)(=O)Nc2ccc(C(C)(C)C)cc2)s1. The highest BCUT2D eigenvalue weighted by molar-refractivity contribution is 7.94. The third kappa shape index (κ3) is 3.41. The molecule has 0 spiro atoms. The number of hydrogen-bond donors (Lipinski definition) is 1. The van der Waals surface area contributed by atoms with Crippen molar-refractivity contribution < 1.29 is 8.42 Å². The number of hydrogen-bond acceptors (Lipinski definition) is 3. The van der Waals surface area contributed by atoms with E-state index in [4.69, 9.17) is 0 Å². The van der Waals surface area contributed by atoms with Gasteiger partial charge in [0.05, 0.1) is 0 Å². The molecule has 0 unspecified atom stereocenters. The van der Waals surface area contributed by atoms with E-state index in [1.165, 1.54) is 16.9 Å². The van der Waals surface area contributed by atoms with E-state index in [2.05, 4.69) is 25.5 Å². The molecule has 20 heavy (non-hydrogen) atoms. The molecule has 1 heterocycles. The van der Waals surface area contributed by atoms with Gasteiger partial charge in [0.1, 0.15) is 4.21 Å². The summed E-state index contributed by atoms with van der Waals surface area (Å²) in [4.78, 5) is 0.980. The average Bonchev–Trinajstić information content (AvgIpc) is 2.76. The van der Waals surface area contributed by atoms with Crippen LogP contribution in [0.5, 0.6) is 0 Å². The minimum atomic E-state index is -3.47. The number of anilines is 1. The molecule has 2 rings (SSSR count). The third-order valence-electron chi connectivity index (χ3n) is 2.98. The van der Waals surface area contributed by atoms with E-state index in [0.717, 1.165) is 4.88 Å². The van der Waals surface area contributed by atoms with Crippen molar-refractivity contribution in [2.24, 2.45) is 0 Å². The van der Waals surface area contributed by atoms with E-state index in [1.807, 2.05) is 25.1 Å². The minimum Gasteiger partial charge on any atom is -0.279 e. The molecule has 3 nitrogen and oxygen atoms in total. The number of rotatable bonds is 3. The molecular formula is C15H19NO2S2. The van der Waals surface area contributed by atoms with Crippen LogP contribution >= 0.6 is 11.3 Å². The number of thiophene rings is 1. The number of nitrogens with one attached hydrogen (secondary N) is 1. The highest BCUT2D eigenvalue weighted by Gasteiger charge is 2.17. The smallest absolute Gasteiger partial charge is 0.271 e. The zero-order valence-electron chi connectivity index (χ0n) is 12.1. The van der Waals surface area contributed by atoms with E-state index in [0.29, 0.717) is 9.90 Å². The molecule has 0 aliphatic carbocycles. The highest BCUT2D eigenvalue weighted by atomic mass is 32.2. The molecule has 1 aromatic heterocycles. The molecule has 0 saturated carbocycles. The normalized spacial score (nSPS) is 12.4. The van der Waals surface area contributed by atoms with Crippen LogP contribution in [0.2, 0.25) is 0 Å². The maximum Gasteiger partial charge on any atom is 0.271 e. The Bertz CT molecular complexity index is 692. The molecule has 0 bridgehead atoms. The minimum absolute atomic E-state index is 0.0578. The molecule has 0 amide bonds. The van der Waals surface area contributed by atoms with E-state index in [1.54, 1.807) is 18.2 Å². The third-order valence-corrected chi connectivity index (χ3v) is 5.86. The lowest BCUT2D eigenvalue weighted by molar-refractivity contribution is 0.590. The van der Waals surface area contributed by atoms with Gasteiger partial charge in [-0.25, -0.2) is 8.42 Å². The molecule has 0 saturated heterocycles. The van der Waals surface area contributed by atoms with E-state index < -0.39 is 10.0 Å². The Hall–Kier alpha value is -1.33. The van der Waals surface area contributed by atoms with E-state index >= 15 is 0 Å². The Morgan fingerprint density at radius 3 is 2.05 bits per heavy atom. The van der Waals surface area contributed by atoms with Crippen LogP contribution in [0, 0.1) is 6.92 Å². The van der Waals surface area contributed by atoms with Crippen LogP contribution in [-0.2, 0) is 15.4 Å². The van der Waals surface area contributed by atoms with Crippen molar-refractivity contribution in [1.82, 2.24) is 0 Å². The maximum atomic E-state index is 12.2. The van der Waals surface area contributed by atoms with Gasteiger partial charge in [-0.05, 0) is 42.2 Å². The Kier molecular flexibility index (Phi) is 3.93. The fourth-order valence-corrected chi connectivity index (χ4v) is 4.14. The molecule has 0 aliphatic rings. The van der Waals surface area contributed by atoms with Crippen molar-refractivity contribution in [3.8, 4) is 0 Å². The first kappa shape index (κ1) is 15.1. The monoisotopic (exact) mass is 309 g/mol. The fourth-order valence-electron chi connectivity index (χ4n) is 1.80. The fraction of sp³-hybridized carbons (Fsp3) is 0.333. The van der Waals surface area contributed by atoms with Crippen LogP contribution in [-0.4, -0.2) is 8.42 Å². The summed E-state index contributed by atoms with van der Waals surface area (Å²) < 4.78 is 27.3. The first-order chi connectivity index (χ1) is 9.18. The zero-order chi connectivity index (χ0) is 15.0.